The van der Waals surface area contributed by atoms with Crippen LogP contribution in [0.3, 0.4) is 0 Å². The van der Waals surface area contributed by atoms with Gasteiger partial charge in [-0.05, 0) is 38.0 Å². The molecule has 2 amide bonds. The molecule has 2 aliphatic heterocycles. The van der Waals surface area contributed by atoms with E-state index in [2.05, 4.69) is 5.32 Å². The van der Waals surface area contributed by atoms with Crippen LogP contribution in [0.2, 0.25) is 0 Å². The smallest absolute Gasteiger partial charge is 0.339 e. The molecule has 146 valence electrons. The molecular weight excluding hydrogens is 360 g/mol. The van der Waals surface area contributed by atoms with Gasteiger partial charge in [0.2, 0.25) is 5.91 Å². The summed E-state index contributed by atoms with van der Waals surface area (Å²) in [6.07, 6.45) is 0.984. The van der Waals surface area contributed by atoms with Crippen molar-refractivity contribution in [1.82, 2.24) is 10.2 Å². The number of piperidine rings is 1. The number of rotatable bonds is 4. The molecule has 0 unspecified atom stereocenters. The van der Waals surface area contributed by atoms with E-state index < -0.39 is 6.10 Å². The zero-order valence-electron chi connectivity index (χ0n) is 15.6. The number of cyclic esters (lactones) is 1. The number of hydrogen-bond donors (Lipinski definition) is 1. The Morgan fingerprint density at radius 2 is 1.89 bits per heavy atom. The molecule has 0 radical (unpaired) electrons. The summed E-state index contributed by atoms with van der Waals surface area (Å²) in [6.45, 7) is 2.91. The third kappa shape index (κ3) is 3.65. The molecule has 0 saturated carbocycles. The van der Waals surface area contributed by atoms with E-state index in [1.165, 1.54) is 0 Å². The van der Waals surface area contributed by atoms with Gasteiger partial charge in [0.05, 0.1) is 12.0 Å². The van der Waals surface area contributed by atoms with Gasteiger partial charge in [-0.25, -0.2) is 4.79 Å². The minimum atomic E-state index is -0.518. The average Bonchev–Trinajstić information content (AvgIpc) is 3.26. The molecule has 1 aromatic carbocycles. The summed E-state index contributed by atoms with van der Waals surface area (Å²) in [5, 5.41) is 2.96. The van der Waals surface area contributed by atoms with E-state index in [0.29, 0.717) is 43.0 Å². The zero-order chi connectivity index (χ0) is 19.7. The summed E-state index contributed by atoms with van der Waals surface area (Å²) in [5.41, 5.74) is 1.31. The maximum Gasteiger partial charge on any atom is 0.339 e. The summed E-state index contributed by atoms with van der Waals surface area (Å²) in [4.78, 5) is 38.5. The largest absolute Gasteiger partial charge is 0.456 e. The second-order valence-electron chi connectivity index (χ2n) is 7.22. The Morgan fingerprint density at radius 3 is 2.61 bits per heavy atom. The van der Waals surface area contributed by atoms with E-state index in [9.17, 15) is 14.4 Å². The number of nitrogens with one attached hydrogen (secondary N) is 1. The Hall–Kier alpha value is -3.09. The number of carbonyl (C=O) groups is 3. The molecule has 1 saturated heterocycles. The fourth-order valence-corrected chi connectivity index (χ4v) is 3.75. The van der Waals surface area contributed by atoms with Gasteiger partial charge in [0.1, 0.15) is 11.9 Å². The number of carbonyl (C=O) groups excluding carboxylic acids is 3. The van der Waals surface area contributed by atoms with Crippen LogP contribution in [0.1, 0.15) is 57.6 Å². The van der Waals surface area contributed by atoms with Crippen LogP contribution in [0.4, 0.5) is 0 Å². The van der Waals surface area contributed by atoms with Crippen LogP contribution in [-0.4, -0.2) is 41.8 Å². The molecule has 0 spiro atoms. The second-order valence-corrected chi connectivity index (χ2v) is 7.22. The molecule has 1 atom stereocenters. The highest BCUT2D eigenvalue weighted by Gasteiger charge is 2.34. The third-order valence-electron chi connectivity index (χ3n) is 5.28. The molecule has 1 fully saturated rings. The standard InChI is InChI=1S/C21H22N2O5/c1-13-6-7-17(27-13)20(25)22-14-8-10-23(11-9-14)19(24)12-18-15-4-2-3-5-16(15)21(26)28-18/h2-7,14,18H,8-12H2,1H3,(H,22,25)/t18-/m0/s1. The van der Waals surface area contributed by atoms with Crippen molar-refractivity contribution in [3.8, 4) is 0 Å². The van der Waals surface area contributed by atoms with Gasteiger partial charge in [-0.1, -0.05) is 18.2 Å². The molecule has 1 N–H and O–H groups in total. The first-order valence-corrected chi connectivity index (χ1v) is 9.46. The van der Waals surface area contributed by atoms with Crippen molar-refractivity contribution in [1.29, 1.82) is 0 Å². The molecule has 4 rings (SSSR count). The highest BCUT2D eigenvalue weighted by molar-refractivity contribution is 5.94. The second kappa shape index (κ2) is 7.50. The topological polar surface area (TPSA) is 88.9 Å². The van der Waals surface area contributed by atoms with Crippen LogP contribution in [-0.2, 0) is 9.53 Å². The minimum Gasteiger partial charge on any atom is -0.456 e. The van der Waals surface area contributed by atoms with E-state index in [1.807, 2.05) is 12.1 Å². The first kappa shape index (κ1) is 18.3. The summed E-state index contributed by atoms with van der Waals surface area (Å²) < 4.78 is 10.7. The van der Waals surface area contributed by atoms with E-state index >= 15 is 0 Å². The van der Waals surface area contributed by atoms with Crippen molar-refractivity contribution >= 4 is 17.8 Å². The molecule has 1 aromatic heterocycles. The van der Waals surface area contributed by atoms with Gasteiger partial charge in [-0.3, -0.25) is 9.59 Å². The van der Waals surface area contributed by atoms with Crippen LogP contribution in [0.15, 0.2) is 40.8 Å². The maximum atomic E-state index is 12.7. The predicted octanol–water partition coefficient (Wildman–Crippen LogP) is 2.61. The SMILES string of the molecule is Cc1ccc(C(=O)NC2CCN(C(=O)C[C@@H]3OC(=O)c4ccccc43)CC2)o1. The molecule has 2 aromatic rings. The predicted molar refractivity (Wildman–Crippen MR) is 99.7 cm³/mol. The van der Waals surface area contributed by atoms with Gasteiger partial charge < -0.3 is 19.4 Å². The Bertz CT molecular complexity index is 911. The van der Waals surface area contributed by atoms with E-state index in [1.54, 1.807) is 36.1 Å². The normalized spacial score (nSPS) is 19.2. The molecule has 2 aliphatic rings. The molecule has 0 aliphatic carbocycles. The highest BCUT2D eigenvalue weighted by Crippen LogP contribution is 2.33. The lowest BCUT2D eigenvalue weighted by Crippen LogP contribution is -2.46. The van der Waals surface area contributed by atoms with Gasteiger partial charge in [0.25, 0.3) is 5.91 Å². The van der Waals surface area contributed by atoms with Crippen LogP contribution >= 0.6 is 0 Å². The third-order valence-corrected chi connectivity index (χ3v) is 5.28. The fraction of sp³-hybridized carbons (Fsp3) is 0.381. The van der Waals surface area contributed by atoms with Crippen LogP contribution in [0, 0.1) is 6.92 Å². The Kier molecular flexibility index (Phi) is 4.90. The Labute approximate surface area is 162 Å². The van der Waals surface area contributed by atoms with Gasteiger partial charge in [0.15, 0.2) is 5.76 Å². The Balaban J connectivity index is 1.29. The molecule has 7 nitrogen and oxygen atoms in total. The lowest BCUT2D eigenvalue weighted by atomic mass is 10.0. The molecular formula is C21H22N2O5. The number of likely N-dealkylation sites (tertiary alicyclic amines) is 1. The maximum absolute atomic E-state index is 12.7. The summed E-state index contributed by atoms with van der Waals surface area (Å²) in [7, 11) is 0. The number of nitrogens with zero attached hydrogens (tertiary/aromatic N) is 1. The van der Waals surface area contributed by atoms with Crippen LogP contribution < -0.4 is 5.32 Å². The number of benzene rings is 1. The molecule has 0 bridgehead atoms. The molecule has 28 heavy (non-hydrogen) atoms. The van der Waals surface area contributed by atoms with Gasteiger partial charge in [-0.15, -0.1) is 0 Å². The lowest BCUT2D eigenvalue weighted by molar-refractivity contribution is -0.134. The molecule has 7 heteroatoms. The summed E-state index contributed by atoms with van der Waals surface area (Å²) >= 11 is 0. The quantitative estimate of drug-likeness (QED) is 0.821. The zero-order valence-corrected chi connectivity index (χ0v) is 15.6. The number of furan rings is 1. The van der Waals surface area contributed by atoms with Crippen LogP contribution in [0.25, 0.3) is 0 Å². The average molecular weight is 382 g/mol. The van der Waals surface area contributed by atoms with Crippen molar-refractivity contribution < 1.29 is 23.5 Å². The molecule has 3 heterocycles. The van der Waals surface area contributed by atoms with Gasteiger partial charge in [-0.2, -0.15) is 0 Å². The number of aryl methyl sites for hydroxylation is 1. The highest BCUT2D eigenvalue weighted by atomic mass is 16.5. The number of esters is 1. The first-order chi connectivity index (χ1) is 13.5. The fourth-order valence-electron chi connectivity index (χ4n) is 3.75. The van der Waals surface area contributed by atoms with Crippen molar-refractivity contribution in [2.45, 2.75) is 38.3 Å². The monoisotopic (exact) mass is 382 g/mol. The Morgan fingerprint density at radius 1 is 1.14 bits per heavy atom. The lowest BCUT2D eigenvalue weighted by Gasteiger charge is -2.32. The van der Waals surface area contributed by atoms with Crippen LogP contribution in [0.5, 0.6) is 0 Å². The summed E-state index contributed by atoms with van der Waals surface area (Å²) in [5.74, 6) is 0.355. The summed E-state index contributed by atoms with van der Waals surface area (Å²) in [6, 6.07) is 10.6. The van der Waals surface area contributed by atoms with Crippen molar-refractivity contribution in [2.75, 3.05) is 13.1 Å². The van der Waals surface area contributed by atoms with Crippen molar-refractivity contribution in [3.63, 3.8) is 0 Å². The van der Waals surface area contributed by atoms with Crippen molar-refractivity contribution in [2.24, 2.45) is 0 Å². The van der Waals surface area contributed by atoms with Gasteiger partial charge in [0, 0.05) is 24.7 Å². The minimum absolute atomic E-state index is 0.00647. The van der Waals surface area contributed by atoms with E-state index in [-0.39, 0.29) is 30.2 Å². The number of fused-ring (bicyclic) bond motifs is 1. The van der Waals surface area contributed by atoms with Gasteiger partial charge >= 0.3 is 5.97 Å². The number of ether oxygens (including phenoxy) is 1. The first-order valence-electron chi connectivity index (χ1n) is 9.46. The number of hydrogen-bond acceptors (Lipinski definition) is 5. The van der Waals surface area contributed by atoms with E-state index in [0.717, 1.165) is 5.56 Å². The van der Waals surface area contributed by atoms with Crippen molar-refractivity contribution in [3.05, 3.63) is 59.0 Å². The number of amides is 2. The van der Waals surface area contributed by atoms with E-state index in [4.69, 9.17) is 9.15 Å².